The van der Waals surface area contributed by atoms with Gasteiger partial charge < -0.3 is 10.2 Å². The highest BCUT2D eigenvalue weighted by Crippen LogP contribution is 2.32. The number of carbonyl (C=O) groups excluding carboxylic acids is 1. The van der Waals surface area contributed by atoms with Crippen molar-refractivity contribution >= 4 is 34.3 Å². The molecule has 0 bridgehead atoms. The van der Waals surface area contributed by atoms with E-state index in [1.165, 1.54) is 4.88 Å². The summed E-state index contributed by atoms with van der Waals surface area (Å²) >= 11 is 1.61. The number of likely N-dealkylation sites (tertiary alicyclic amines) is 1. The maximum Gasteiger partial charge on any atom is 0.246 e. The van der Waals surface area contributed by atoms with E-state index in [0.29, 0.717) is 6.54 Å². The average molecular weight is 420 g/mol. The largest absolute Gasteiger partial charge is 0.338 e. The Kier molecular flexibility index (Phi) is 6.18. The lowest BCUT2D eigenvalue weighted by atomic mass is 9.94. The smallest absolute Gasteiger partial charge is 0.246 e. The van der Waals surface area contributed by atoms with Crippen molar-refractivity contribution in [2.24, 2.45) is 0 Å². The minimum Gasteiger partial charge on any atom is -0.338 e. The van der Waals surface area contributed by atoms with Gasteiger partial charge in [0.2, 0.25) is 5.91 Å². The molecule has 4 rings (SSSR count). The predicted octanol–water partition coefficient (Wildman–Crippen LogP) is 4.71. The molecule has 2 aromatic heterocycles. The third-order valence-corrected chi connectivity index (χ3v) is 6.31. The average Bonchev–Trinajstić information content (AvgIpc) is 3.10. The molecule has 6 nitrogen and oxygen atoms in total. The summed E-state index contributed by atoms with van der Waals surface area (Å²) in [5.41, 5.74) is 2.94. The number of rotatable bonds is 5. The van der Waals surface area contributed by atoms with E-state index in [1.807, 2.05) is 48.2 Å². The van der Waals surface area contributed by atoms with Crippen LogP contribution in [0.3, 0.4) is 0 Å². The van der Waals surface area contributed by atoms with Gasteiger partial charge in [-0.2, -0.15) is 0 Å². The quantitative estimate of drug-likeness (QED) is 0.606. The molecule has 0 spiro atoms. The number of hydrogen-bond donors (Lipinski definition) is 1. The first-order valence-corrected chi connectivity index (χ1v) is 11.0. The van der Waals surface area contributed by atoms with Gasteiger partial charge in [-0.15, -0.1) is 11.3 Å². The molecule has 1 fully saturated rings. The molecule has 0 saturated carbocycles. The van der Waals surface area contributed by atoms with Crippen LogP contribution in [0.25, 0.3) is 6.08 Å². The highest BCUT2D eigenvalue weighted by Gasteiger charge is 2.27. The van der Waals surface area contributed by atoms with Crippen LogP contribution in [-0.2, 0) is 4.79 Å². The van der Waals surface area contributed by atoms with Crippen LogP contribution in [-0.4, -0.2) is 38.8 Å². The molecule has 0 radical (unpaired) electrons. The third kappa shape index (κ3) is 4.74. The number of aromatic nitrogens is 3. The molecular formula is C23H25N5OS. The third-order valence-electron chi connectivity index (χ3n) is 5.32. The minimum atomic E-state index is 0.0353. The van der Waals surface area contributed by atoms with E-state index in [1.54, 1.807) is 29.8 Å². The molecule has 7 heteroatoms. The number of anilines is 2. The summed E-state index contributed by atoms with van der Waals surface area (Å²) in [5.74, 6) is 0.907. The van der Waals surface area contributed by atoms with Gasteiger partial charge >= 0.3 is 0 Å². The Morgan fingerprint density at radius 3 is 2.77 bits per heavy atom. The summed E-state index contributed by atoms with van der Waals surface area (Å²) in [4.78, 5) is 29.5. The molecule has 30 heavy (non-hydrogen) atoms. The molecule has 0 unspecified atom stereocenters. The van der Waals surface area contributed by atoms with Gasteiger partial charge in [0.25, 0.3) is 0 Å². The van der Waals surface area contributed by atoms with Crippen LogP contribution in [0.2, 0.25) is 0 Å². The van der Waals surface area contributed by atoms with Crippen molar-refractivity contribution in [2.45, 2.75) is 32.6 Å². The molecule has 1 aromatic carbocycles. The molecular weight excluding hydrogens is 394 g/mol. The monoisotopic (exact) mass is 419 g/mol. The fourth-order valence-electron chi connectivity index (χ4n) is 3.61. The zero-order valence-electron chi connectivity index (χ0n) is 17.2. The van der Waals surface area contributed by atoms with Gasteiger partial charge in [-0.1, -0.05) is 30.3 Å². The molecule has 1 saturated heterocycles. The first kappa shape index (κ1) is 20.2. The minimum absolute atomic E-state index is 0.0353. The van der Waals surface area contributed by atoms with Crippen molar-refractivity contribution in [1.29, 1.82) is 0 Å². The Morgan fingerprint density at radius 1 is 1.20 bits per heavy atom. The Bertz CT molecular complexity index is 1030. The van der Waals surface area contributed by atoms with Crippen molar-refractivity contribution in [1.82, 2.24) is 19.9 Å². The lowest BCUT2D eigenvalue weighted by Crippen LogP contribution is -2.38. The van der Waals surface area contributed by atoms with Crippen LogP contribution in [0.5, 0.6) is 0 Å². The lowest BCUT2D eigenvalue weighted by molar-refractivity contribution is -0.127. The second kappa shape index (κ2) is 9.17. The standard InChI is InChI=1S/C23H25N5OS/c1-16-17(2)30-23(26-16)27-22-21(24-12-13-25-22)19-9-6-14-28(15-19)20(29)11-10-18-7-4-3-5-8-18/h3-5,7-8,10-13,19H,6,9,14-15H2,1-2H3,(H,25,26,27)/b11-10+/t19-/m0/s1. The number of nitrogens with zero attached hydrogens (tertiary/aromatic N) is 4. The van der Waals surface area contributed by atoms with Crippen molar-refractivity contribution < 1.29 is 4.79 Å². The number of piperidine rings is 1. The van der Waals surface area contributed by atoms with E-state index in [0.717, 1.165) is 47.3 Å². The van der Waals surface area contributed by atoms with Crippen molar-refractivity contribution in [3.8, 4) is 0 Å². The Balaban J connectivity index is 1.48. The number of carbonyl (C=O) groups is 1. The highest BCUT2D eigenvalue weighted by atomic mass is 32.1. The van der Waals surface area contributed by atoms with E-state index in [9.17, 15) is 4.79 Å². The topological polar surface area (TPSA) is 71.0 Å². The Labute approximate surface area is 180 Å². The number of hydrogen-bond acceptors (Lipinski definition) is 6. The molecule has 1 N–H and O–H groups in total. The number of benzene rings is 1. The van der Waals surface area contributed by atoms with Crippen molar-refractivity contribution in [3.05, 3.63) is 70.6 Å². The summed E-state index contributed by atoms with van der Waals surface area (Å²) < 4.78 is 0. The van der Waals surface area contributed by atoms with Gasteiger partial charge in [-0.25, -0.2) is 9.97 Å². The normalized spacial score (nSPS) is 16.7. The summed E-state index contributed by atoms with van der Waals surface area (Å²) in [6, 6.07) is 9.88. The first-order chi connectivity index (χ1) is 14.6. The molecule has 1 aliphatic heterocycles. The van der Waals surface area contributed by atoms with Crippen LogP contribution < -0.4 is 5.32 Å². The summed E-state index contributed by atoms with van der Waals surface area (Å²) in [6.07, 6.45) is 8.86. The van der Waals surface area contributed by atoms with Gasteiger partial charge in [0.1, 0.15) is 0 Å². The molecule has 1 atom stereocenters. The van der Waals surface area contributed by atoms with Gasteiger partial charge in [0.15, 0.2) is 10.9 Å². The SMILES string of the molecule is Cc1nc(Nc2nccnc2[C@H]2CCCN(C(=O)/C=C/c3ccccc3)C2)sc1C. The van der Waals surface area contributed by atoms with Crippen molar-refractivity contribution in [2.75, 3.05) is 18.4 Å². The number of nitrogens with one attached hydrogen (secondary N) is 1. The van der Waals surface area contributed by atoms with E-state index in [2.05, 4.69) is 27.2 Å². The Hall–Kier alpha value is -3.06. The maximum atomic E-state index is 12.7. The first-order valence-electron chi connectivity index (χ1n) is 10.1. The van der Waals surface area contributed by atoms with Crippen LogP contribution in [0, 0.1) is 13.8 Å². The second-order valence-electron chi connectivity index (χ2n) is 7.44. The van der Waals surface area contributed by atoms with Gasteiger partial charge in [0.05, 0.1) is 11.4 Å². The zero-order valence-corrected chi connectivity index (χ0v) is 18.0. The predicted molar refractivity (Wildman–Crippen MR) is 121 cm³/mol. The van der Waals surface area contributed by atoms with E-state index >= 15 is 0 Å². The molecule has 3 heterocycles. The summed E-state index contributed by atoms with van der Waals surface area (Å²) in [6.45, 7) is 5.47. The van der Waals surface area contributed by atoms with Crippen LogP contribution in [0.4, 0.5) is 10.9 Å². The highest BCUT2D eigenvalue weighted by molar-refractivity contribution is 7.15. The molecule has 154 valence electrons. The van der Waals surface area contributed by atoms with Gasteiger partial charge in [0, 0.05) is 42.4 Å². The number of amides is 1. The Morgan fingerprint density at radius 2 is 2.00 bits per heavy atom. The number of thiazole rings is 1. The van der Waals surface area contributed by atoms with Crippen LogP contribution >= 0.6 is 11.3 Å². The zero-order chi connectivity index (χ0) is 20.9. The number of aryl methyl sites for hydroxylation is 2. The summed E-state index contributed by atoms with van der Waals surface area (Å²) in [7, 11) is 0. The van der Waals surface area contributed by atoms with Crippen LogP contribution in [0.1, 0.15) is 40.6 Å². The second-order valence-corrected chi connectivity index (χ2v) is 8.65. The van der Waals surface area contributed by atoms with Gasteiger partial charge in [-0.3, -0.25) is 9.78 Å². The lowest BCUT2D eigenvalue weighted by Gasteiger charge is -2.32. The van der Waals surface area contributed by atoms with E-state index < -0.39 is 0 Å². The molecule has 0 aliphatic carbocycles. The van der Waals surface area contributed by atoms with Crippen LogP contribution in [0.15, 0.2) is 48.8 Å². The van der Waals surface area contributed by atoms with Crippen molar-refractivity contribution in [3.63, 3.8) is 0 Å². The molecule has 1 aliphatic rings. The summed E-state index contributed by atoms with van der Waals surface area (Å²) in [5, 5.41) is 4.16. The van der Waals surface area contributed by atoms with Gasteiger partial charge in [-0.05, 0) is 38.3 Å². The maximum absolute atomic E-state index is 12.7. The fraction of sp³-hybridized carbons (Fsp3) is 0.304. The molecule has 3 aromatic rings. The van der Waals surface area contributed by atoms with E-state index in [-0.39, 0.29) is 11.8 Å². The fourth-order valence-corrected chi connectivity index (χ4v) is 4.42. The van der Waals surface area contributed by atoms with E-state index in [4.69, 9.17) is 0 Å². The molecule has 1 amide bonds.